The number of anilines is 1. The van der Waals surface area contributed by atoms with Crippen molar-refractivity contribution in [2.24, 2.45) is 5.92 Å². The van der Waals surface area contributed by atoms with Crippen molar-refractivity contribution in [1.82, 2.24) is 0 Å². The number of aryl methyl sites for hydroxylation is 1. The first-order valence-electron chi connectivity index (χ1n) is 9.36. The number of esters is 2. The fourth-order valence-corrected chi connectivity index (χ4v) is 3.18. The van der Waals surface area contributed by atoms with Gasteiger partial charge >= 0.3 is 11.9 Å². The topological polar surface area (TPSA) is 82.1 Å². The van der Waals surface area contributed by atoms with Crippen LogP contribution in [0.2, 0.25) is 0 Å². The van der Waals surface area contributed by atoms with E-state index in [2.05, 4.69) is 0 Å². The van der Waals surface area contributed by atoms with Crippen molar-refractivity contribution in [2.75, 3.05) is 25.2 Å². The molecule has 2 aromatic carbocycles. The third kappa shape index (κ3) is 4.56. The highest BCUT2D eigenvalue weighted by Crippen LogP contribution is 2.34. The van der Waals surface area contributed by atoms with E-state index in [4.69, 9.17) is 14.2 Å². The summed E-state index contributed by atoms with van der Waals surface area (Å²) in [6.45, 7) is 4.16. The Hall–Kier alpha value is -3.35. The van der Waals surface area contributed by atoms with E-state index in [-0.39, 0.29) is 25.5 Å². The van der Waals surface area contributed by atoms with Crippen LogP contribution in [-0.2, 0) is 14.3 Å². The summed E-state index contributed by atoms with van der Waals surface area (Å²) in [6.07, 6.45) is 0.0663. The zero-order valence-electron chi connectivity index (χ0n) is 16.6. The smallest absolute Gasteiger partial charge is 0.338 e. The van der Waals surface area contributed by atoms with Gasteiger partial charge in [-0.15, -0.1) is 0 Å². The van der Waals surface area contributed by atoms with Crippen LogP contribution in [-0.4, -0.2) is 38.1 Å². The van der Waals surface area contributed by atoms with Crippen molar-refractivity contribution in [1.29, 1.82) is 0 Å². The minimum absolute atomic E-state index is 0.0663. The molecule has 0 aliphatic carbocycles. The Kier molecular flexibility index (Phi) is 6.16. The average Bonchev–Trinajstić information content (AvgIpc) is 3.10. The third-order valence-electron chi connectivity index (χ3n) is 4.67. The average molecular weight is 397 g/mol. The monoisotopic (exact) mass is 397 g/mol. The van der Waals surface area contributed by atoms with E-state index in [1.165, 1.54) is 24.3 Å². The zero-order chi connectivity index (χ0) is 21.0. The molecular formula is C22H23NO6. The molecule has 0 N–H and O–H groups in total. The van der Waals surface area contributed by atoms with E-state index in [1.54, 1.807) is 25.0 Å². The van der Waals surface area contributed by atoms with Crippen LogP contribution in [0.5, 0.6) is 11.5 Å². The fourth-order valence-electron chi connectivity index (χ4n) is 3.18. The number of nitrogens with zero attached hydrogens (tertiary/aromatic N) is 1. The van der Waals surface area contributed by atoms with Gasteiger partial charge in [-0.3, -0.25) is 9.59 Å². The van der Waals surface area contributed by atoms with Crippen LogP contribution in [0, 0.1) is 12.8 Å². The highest BCUT2D eigenvalue weighted by atomic mass is 16.5. The lowest BCUT2D eigenvalue weighted by Crippen LogP contribution is -2.27. The van der Waals surface area contributed by atoms with Crippen LogP contribution >= 0.6 is 0 Å². The lowest BCUT2D eigenvalue weighted by atomic mass is 10.1. The van der Waals surface area contributed by atoms with E-state index in [0.29, 0.717) is 22.7 Å². The molecule has 0 unspecified atom stereocenters. The van der Waals surface area contributed by atoms with Crippen molar-refractivity contribution >= 4 is 23.5 Å². The molecule has 1 amide bonds. The molecule has 7 nitrogen and oxygen atoms in total. The number of methoxy groups -OCH3 is 1. The summed E-state index contributed by atoms with van der Waals surface area (Å²) in [7, 11) is 1.54. The first-order chi connectivity index (χ1) is 13.9. The molecule has 1 fully saturated rings. The maximum Gasteiger partial charge on any atom is 0.338 e. The Labute approximate surface area is 169 Å². The molecule has 0 bridgehead atoms. The van der Waals surface area contributed by atoms with Gasteiger partial charge in [0, 0.05) is 13.0 Å². The molecule has 1 aliphatic heterocycles. The minimum atomic E-state index is -0.586. The van der Waals surface area contributed by atoms with Gasteiger partial charge in [-0.2, -0.15) is 0 Å². The molecule has 0 saturated carbocycles. The van der Waals surface area contributed by atoms with Crippen LogP contribution < -0.4 is 14.4 Å². The Bertz CT molecular complexity index is 921. The van der Waals surface area contributed by atoms with Crippen LogP contribution in [0.15, 0.2) is 42.5 Å². The Morgan fingerprint density at radius 1 is 1.14 bits per heavy atom. The van der Waals surface area contributed by atoms with Crippen molar-refractivity contribution in [3.8, 4) is 11.5 Å². The number of rotatable bonds is 6. The van der Waals surface area contributed by atoms with E-state index in [0.717, 1.165) is 5.56 Å². The molecule has 1 saturated heterocycles. The third-order valence-corrected chi connectivity index (χ3v) is 4.67. The molecule has 0 aromatic heterocycles. The summed E-state index contributed by atoms with van der Waals surface area (Å²) in [5, 5.41) is 0. The molecule has 1 heterocycles. The van der Waals surface area contributed by atoms with E-state index >= 15 is 0 Å². The molecule has 0 spiro atoms. The molecule has 29 heavy (non-hydrogen) atoms. The molecular weight excluding hydrogens is 374 g/mol. The van der Waals surface area contributed by atoms with Crippen LogP contribution in [0.25, 0.3) is 0 Å². The summed E-state index contributed by atoms with van der Waals surface area (Å²) in [5.41, 5.74) is 2.01. The second-order valence-electron chi connectivity index (χ2n) is 6.75. The van der Waals surface area contributed by atoms with Crippen molar-refractivity contribution < 1.29 is 28.6 Å². The number of benzene rings is 2. The lowest BCUT2D eigenvalue weighted by Gasteiger charge is -2.20. The Morgan fingerprint density at radius 3 is 2.52 bits per heavy atom. The minimum Gasteiger partial charge on any atom is -0.495 e. The number of hydrogen-bond donors (Lipinski definition) is 0. The quantitative estimate of drug-likeness (QED) is 0.550. The molecule has 1 atom stereocenters. The van der Waals surface area contributed by atoms with Gasteiger partial charge in [0.05, 0.1) is 30.9 Å². The zero-order valence-corrected chi connectivity index (χ0v) is 16.6. The predicted octanol–water partition coefficient (Wildman–Crippen LogP) is 3.14. The van der Waals surface area contributed by atoms with E-state index in [9.17, 15) is 14.4 Å². The van der Waals surface area contributed by atoms with Gasteiger partial charge in [-0.05, 0) is 55.8 Å². The molecule has 0 radical (unpaired) electrons. The molecule has 2 aromatic rings. The highest BCUT2D eigenvalue weighted by molar-refractivity contribution is 6.01. The largest absolute Gasteiger partial charge is 0.495 e. The van der Waals surface area contributed by atoms with Gasteiger partial charge in [-0.1, -0.05) is 6.07 Å². The maximum absolute atomic E-state index is 12.6. The van der Waals surface area contributed by atoms with Crippen LogP contribution in [0.4, 0.5) is 5.69 Å². The second-order valence-corrected chi connectivity index (χ2v) is 6.75. The Morgan fingerprint density at radius 2 is 1.86 bits per heavy atom. The van der Waals surface area contributed by atoms with Gasteiger partial charge in [-0.25, -0.2) is 4.79 Å². The number of ether oxygens (including phenoxy) is 3. The van der Waals surface area contributed by atoms with E-state index < -0.39 is 17.9 Å². The van der Waals surface area contributed by atoms with Crippen molar-refractivity contribution in [3.63, 3.8) is 0 Å². The maximum atomic E-state index is 12.6. The summed E-state index contributed by atoms with van der Waals surface area (Å²) >= 11 is 0. The number of carbonyl (C=O) groups is 3. The van der Waals surface area contributed by atoms with Crippen LogP contribution in [0.1, 0.15) is 29.3 Å². The molecule has 152 valence electrons. The molecule has 1 aliphatic rings. The lowest BCUT2D eigenvalue weighted by molar-refractivity contribution is -0.139. The van der Waals surface area contributed by atoms with E-state index in [1.807, 2.05) is 19.1 Å². The fraction of sp³-hybridized carbons (Fsp3) is 0.318. The molecule has 3 rings (SSSR count). The van der Waals surface area contributed by atoms with Crippen LogP contribution in [0.3, 0.4) is 0 Å². The number of carbonyl (C=O) groups excluding carboxylic acids is 3. The first kappa shape index (κ1) is 20.4. The number of hydrogen-bond acceptors (Lipinski definition) is 6. The summed E-state index contributed by atoms with van der Waals surface area (Å²) in [6, 6.07) is 11.7. The number of amides is 1. The SMILES string of the molecule is CCOC(=O)c1ccc(OC(=O)[C@@H]2CC(=O)N(c3cc(C)ccc3OC)C2)cc1. The van der Waals surface area contributed by atoms with Gasteiger partial charge in [0.15, 0.2) is 0 Å². The van der Waals surface area contributed by atoms with Gasteiger partial charge in [0.2, 0.25) is 5.91 Å². The summed E-state index contributed by atoms with van der Waals surface area (Å²) in [4.78, 5) is 38.3. The molecule has 7 heteroatoms. The standard InChI is InChI=1S/C22H23NO6/c1-4-28-21(25)15-6-8-17(9-7-15)29-22(26)16-12-20(24)23(13-16)18-11-14(2)5-10-19(18)27-3/h5-11,16H,4,12-13H2,1-3H3/t16-/m1/s1. The normalized spacial score (nSPS) is 15.9. The summed E-state index contributed by atoms with van der Waals surface area (Å²) in [5.74, 6) is -0.786. The van der Waals surface area contributed by atoms with Crippen molar-refractivity contribution in [3.05, 3.63) is 53.6 Å². The van der Waals surface area contributed by atoms with Gasteiger partial charge < -0.3 is 19.1 Å². The highest BCUT2D eigenvalue weighted by Gasteiger charge is 2.37. The predicted molar refractivity (Wildman–Crippen MR) is 106 cm³/mol. The first-order valence-corrected chi connectivity index (χ1v) is 9.36. The second kappa shape index (κ2) is 8.77. The van der Waals surface area contributed by atoms with Crippen molar-refractivity contribution in [2.45, 2.75) is 20.3 Å². The summed E-state index contributed by atoms with van der Waals surface area (Å²) < 4.78 is 15.7. The Balaban J connectivity index is 1.68. The van der Waals surface area contributed by atoms with Gasteiger partial charge in [0.1, 0.15) is 11.5 Å². The van der Waals surface area contributed by atoms with Gasteiger partial charge in [0.25, 0.3) is 0 Å².